The number of carbonyl (C=O) groups excluding carboxylic acids is 3. The number of hydrogen-bond donors (Lipinski definition) is 3. The van der Waals surface area contributed by atoms with E-state index in [2.05, 4.69) is 0 Å². The van der Waals surface area contributed by atoms with E-state index in [0.717, 1.165) is 0 Å². The molecule has 0 bridgehead atoms. The Bertz CT molecular complexity index is 1100. The summed E-state index contributed by atoms with van der Waals surface area (Å²) in [5, 5.41) is 33.6. The number of ketones is 1. The number of Topliss-reactive ketones (excluding diaryl/α,β-unsaturated/α-hetero) is 1. The zero-order valence-corrected chi connectivity index (χ0v) is 21.9. The van der Waals surface area contributed by atoms with E-state index in [1.165, 1.54) is 27.7 Å². The Morgan fingerprint density at radius 1 is 1.16 bits per heavy atom. The zero-order valence-electron chi connectivity index (χ0n) is 21.9. The largest absolute Gasteiger partial charge is 0.458 e. The maximum absolute atomic E-state index is 14.1. The Labute approximate surface area is 216 Å². The van der Waals surface area contributed by atoms with Gasteiger partial charge in [-0.3, -0.25) is 9.59 Å². The van der Waals surface area contributed by atoms with Gasteiger partial charge in [0.15, 0.2) is 11.4 Å². The van der Waals surface area contributed by atoms with Gasteiger partial charge in [0.05, 0.1) is 35.2 Å². The maximum atomic E-state index is 14.1. The molecular formula is C28H36O9. The van der Waals surface area contributed by atoms with Gasteiger partial charge in [0.1, 0.15) is 18.3 Å². The molecule has 0 aromatic heterocycles. The molecule has 0 radical (unpaired) electrons. The minimum Gasteiger partial charge on any atom is -0.458 e. The molecule has 9 heteroatoms. The highest BCUT2D eigenvalue weighted by molar-refractivity contribution is 5.93. The van der Waals surface area contributed by atoms with E-state index in [-0.39, 0.29) is 31.4 Å². The monoisotopic (exact) mass is 516 g/mol. The standard InChI is InChI=1S/C28H36O9/c1-15-11-12-18(36-25(33)17-9-7-6-8-10-17)23-27(5,24(32)22(31)21(15)26(3,4)34)19(30)13-20-28(23,14-35-20)37-16(2)29/h6-10,18-20,22-23,30-31,34H,11-14H2,1-5H3/b21-15-/t18-,19+,20?,22-,23?,27?,28+/m1/s1. The predicted molar refractivity (Wildman–Crippen MR) is 131 cm³/mol. The van der Waals surface area contributed by atoms with Crippen LogP contribution in [0, 0.1) is 11.3 Å². The summed E-state index contributed by atoms with van der Waals surface area (Å²) in [7, 11) is 0. The number of aliphatic hydroxyl groups excluding tert-OH is 2. The van der Waals surface area contributed by atoms with Crippen LogP contribution in [-0.4, -0.2) is 75.3 Å². The first-order valence-electron chi connectivity index (χ1n) is 12.6. The topological polar surface area (TPSA) is 140 Å². The van der Waals surface area contributed by atoms with Gasteiger partial charge in [0.25, 0.3) is 0 Å². The summed E-state index contributed by atoms with van der Waals surface area (Å²) in [5.41, 5.74) is -3.54. The third-order valence-electron chi connectivity index (χ3n) is 8.31. The summed E-state index contributed by atoms with van der Waals surface area (Å²) in [4.78, 5) is 39.7. The number of hydrogen-bond acceptors (Lipinski definition) is 9. The van der Waals surface area contributed by atoms with Crippen LogP contribution in [0.4, 0.5) is 0 Å². The second-order valence-corrected chi connectivity index (χ2v) is 11.2. The number of esters is 2. The van der Waals surface area contributed by atoms with Crippen molar-refractivity contribution in [3.05, 3.63) is 47.0 Å². The van der Waals surface area contributed by atoms with Crippen LogP contribution in [0.15, 0.2) is 41.5 Å². The second-order valence-electron chi connectivity index (χ2n) is 11.2. The average molecular weight is 517 g/mol. The van der Waals surface area contributed by atoms with E-state index in [0.29, 0.717) is 11.1 Å². The highest BCUT2D eigenvalue weighted by Crippen LogP contribution is 2.58. The Hall–Kier alpha value is -2.59. The summed E-state index contributed by atoms with van der Waals surface area (Å²) in [5.74, 6) is -2.98. The summed E-state index contributed by atoms with van der Waals surface area (Å²) in [6.45, 7) is 7.41. The molecule has 3 aliphatic rings. The average Bonchev–Trinajstić information content (AvgIpc) is 2.84. The number of fused-ring (bicyclic) bond motifs is 3. The predicted octanol–water partition coefficient (Wildman–Crippen LogP) is 2.11. The number of ether oxygens (including phenoxy) is 3. The summed E-state index contributed by atoms with van der Waals surface area (Å²) in [6.07, 6.45) is -4.25. The fourth-order valence-electron chi connectivity index (χ4n) is 6.61. The minimum absolute atomic E-state index is 0.0152. The lowest BCUT2D eigenvalue weighted by atomic mass is 9.52. The Morgan fingerprint density at radius 3 is 2.35 bits per heavy atom. The minimum atomic E-state index is -1.72. The first-order valence-corrected chi connectivity index (χ1v) is 12.6. The van der Waals surface area contributed by atoms with Crippen molar-refractivity contribution in [2.24, 2.45) is 11.3 Å². The van der Waals surface area contributed by atoms with Crippen molar-refractivity contribution in [3.8, 4) is 0 Å². The molecule has 4 rings (SSSR count). The number of carbonyl (C=O) groups is 3. The Morgan fingerprint density at radius 2 is 1.81 bits per heavy atom. The van der Waals surface area contributed by atoms with Crippen molar-refractivity contribution in [2.45, 2.75) is 89.5 Å². The molecule has 3 N–H and O–H groups in total. The molecule has 1 heterocycles. The molecule has 2 aliphatic carbocycles. The normalized spacial score (nSPS) is 38.2. The van der Waals surface area contributed by atoms with Gasteiger partial charge in [-0.2, -0.15) is 0 Å². The molecule has 1 saturated carbocycles. The fourth-order valence-corrected chi connectivity index (χ4v) is 6.61. The SMILES string of the molecule is CC(=O)O[C@@]12COC1C[C@H](O)C1(C)C(=O)[C@H](O)/C(C(C)(C)O)=C(\C)CC[C@@H](OC(=O)c3ccccc3)C12. The number of aliphatic hydroxyl groups is 3. The summed E-state index contributed by atoms with van der Waals surface area (Å²) >= 11 is 0. The molecule has 3 unspecified atom stereocenters. The van der Waals surface area contributed by atoms with E-state index in [9.17, 15) is 29.7 Å². The first-order chi connectivity index (χ1) is 17.2. The van der Waals surface area contributed by atoms with Crippen molar-refractivity contribution < 1.29 is 43.9 Å². The molecular weight excluding hydrogens is 480 g/mol. The highest BCUT2D eigenvalue weighted by Gasteiger charge is 2.72. The molecule has 37 heavy (non-hydrogen) atoms. The number of rotatable bonds is 4. The van der Waals surface area contributed by atoms with Crippen LogP contribution in [0.1, 0.15) is 64.2 Å². The summed E-state index contributed by atoms with van der Waals surface area (Å²) < 4.78 is 17.6. The third-order valence-corrected chi connectivity index (χ3v) is 8.31. The van der Waals surface area contributed by atoms with Crippen LogP contribution in [0.5, 0.6) is 0 Å². The molecule has 0 amide bonds. The lowest BCUT2D eigenvalue weighted by molar-refractivity contribution is -0.329. The van der Waals surface area contributed by atoms with Gasteiger partial charge in [-0.25, -0.2) is 4.79 Å². The van der Waals surface area contributed by atoms with Gasteiger partial charge in [0.2, 0.25) is 0 Å². The van der Waals surface area contributed by atoms with Crippen molar-refractivity contribution >= 4 is 17.7 Å². The Kier molecular flexibility index (Phi) is 7.13. The van der Waals surface area contributed by atoms with Crippen LogP contribution in [-0.2, 0) is 23.8 Å². The molecule has 2 fully saturated rings. The van der Waals surface area contributed by atoms with Crippen molar-refractivity contribution in [2.75, 3.05) is 6.61 Å². The molecule has 1 aliphatic heterocycles. The molecule has 202 valence electrons. The van der Waals surface area contributed by atoms with E-state index in [1.807, 2.05) is 0 Å². The van der Waals surface area contributed by atoms with Crippen LogP contribution < -0.4 is 0 Å². The van der Waals surface area contributed by atoms with E-state index in [4.69, 9.17) is 14.2 Å². The van der Waals surface area contributed by atoms with E-state index < -0.39 is 64.7 Å². The lowest BCUT2D eigenvalue weighted by Gasteiger charge is -2.63. The lowest BCUT2D eigenvalue weighted by Crippen LogP contribution is -2.77. The maximum Gasteiger partial charge on any atom is 0.338 e. The quantitative estimate of drug-likeness (QED) is 0.405. The molecule has 7 atom stereocenters. The Balaban J connectivity index is 1.90. The first kappa shape index (κ1) is 27.4. The highest BCUT2D eigenvalue weighted by atomic mass is 16.6. The van der Waals surface area contributed by atoms with Crippen molar-refractivity contribution in [1.82, 2.24) is 0 Å². The van der Waals surface area contributed by atoms with Crippen LogP contribution in [0.25, 0.3) is 0 Å². The van der Waals surface area contributed by atoms with Gasteiger partial charge in [-0.15, -0.1) is 0 Å². The molecule has 1 aromatic carbocycles. The molecule has 1 aromatic rings. The van der Waals surface area contributed by atoms with Gasteiger partial charge in [-0.1, -0.05) is 23.8 Å². The zero-order chi connectivity index (χ0) is 27.3. The van der Waals surface area contributed by atoms with E-state index >= 15 is 0 Å². The molecule has 0 spiro atoms. The van der Waals surface area contributed by atoms with Crippen molar-refractivity contribution in [3.63, 3.8) is 0 Å². The molecule has 9 nitrogen and oxygen atoms in total. The van der Waals surface area contributed by atoms with Crippen LogP contribution in [0.3, 0.4) is 0 Å². The second kappa shape index (κ2) is 9.62. The smallest absolute Gasteiger partial charge is 0.338 e. The van der Waals surface area contributed by atoms with Gasteiger partial charge in [-0.05, 0) is 58.2 Å². The van der Waals surface area contributed by atoms with Gasteiger partial charge < -0.3 is 29.5 Å². The fraction of sp³-hybridized carbons (Fsp3) is 0.607. The van der Waals surface area contributed by atoms with Crippen LogP contribution in [0.2, 0.25) is 0 Å². The van der Waals surface area contributed by atoms with Gasteiger partial charge in [0, 0.05) is 13.3 Å². The van der Waals surface area contributed by atoms with Crippen LogP contribution >= 0.6 is 0 Å². The number of allylic oxidation sites excluding steroid dienone is 1. The number of benzene rings is 1. The van der Waals surface area contributed by atoms with Crippen molar-refractivity contribution in [1.29, 1.82) is 0 Å². The van der Waals surface area contributed by atoms with Gasteiger partial charge >= 0.3 is 11.9 Å². The summed E-state index contributed by atoms with van der Waals surface area (Å²) in [6, 6.07) is 8.38. The third kappa shape index (κ3) is 4.52. The van der Waals surface area contributed by atoms with E-state index in [1.54, 1.807) is 37.3 Å². The molecule has 1 saturated heterocycles.